The molecule has 23 heavy (non-hydrogen) atoms. The number of benzene rings is 1. The van der Waals surface area contributed by atoms with E-state index < -0.39 is 17.8 Å². The fourth-order valence-corrected chi connectivity index (χ4v) is 3.51. The Kier molecular flexibility index (Phi) is 3.39. The zero-order chi connectivity index (χ0) is 15.9. The van der Waals surface area contributed by atoms with Crippen LogP contribution in [0.15, 0.2) is 42.7 Å². The molecule has 4 nitrogen and oxygen atoms in total. The molecular formula is C17H17F2N3O. The summed E-state index contributed by atoms with van der Waals surface area (Å²) < 4.78 is 33.7. The van der Waals surface area contributed by atoms with Gasteiger partial charge in [0.05, 0.1) is 0 Å². The molecule has 1 aromatic carbocycles. The van der Waals surface area contributed by atoms with Crippen molar-refractivity contribution in [3.8, 4) is 11.6 Å². The standard InChI is InChI=1S/C17H17F2N3O/c18-17(19)12-6-7-13(17)10-22(9-12)15-8-16(21-11-20-15)23-14-4-2-1-3-5-14/h1-5,8,11-13H,6-7,9-10H2. The van der Waals surface area contributed by atoms with Crippen molar-refractivity contribution in [2.45, 2.75) is 18.8 Å². The molecule has 4 rings (SSSR count). The average molecular weight is 317 g/mol. The number of aromatic nitrogens is 2. The van der Waals surface area contributed by atoms with Gasteiger partial charge < -0.3 is 9.64 Å². The number of para-hydroxylation sites is 1. The molecule has 2 aliphatic rings. The van der Waals surface area contributed by atoms with E-state index in [9.17, 15) is 8.78 Å². The van der Waals surface area contributed by atoms with Gasteiger partial charge >= 0.3 is 0 Å². The number of alkyl halides is 2. The first kappa shape index (κ1) is 14.4. The van der Waals surface area contributed by atoms with Gasteiger partial charge in [-0.1, -0.05) is 18.2 Å². The third-order valence-corrected chi connectivity index (χ3v) is 4.75. The highest BCUT2D eigenvalue weighted by atomic mass is 19.3. The van der Waals surface area contributed by atoms with Crippen LogP contribution < -0.4 is 9.64 Å². The lowest BCUT2D eigenvalue weighted by Gasteiger charge is -2.38. The summed E-state index contributed by atoms with van der Waals surface area (Å²) in [6.07, 6.45) is 2.60. The molecule has 0 amide bonds. The lowest BCUT2D eigenvalue weighted by molar-refractivity contribution is -0.0830. The summed E-state index contributed by atoms with van der Waals surface area (Å²) in [5, 5.41) is 0. The highest BCUT2D eigenvalue weighted by molar-refractivity contribution is 5.43. The summed E-state index contributed by atoms with van der Waals surface area (Å²) in [5.74, 6) is -1.93. The fourth-order valence-electron chi connectivity index (χ4n) is 3.51. The number of fused-ring (bicyclic) bond motifs is 2. The van der Waals surface area contributed by atoms with Crippen LogP contribution in [0.2, 0.25) is 0 Å². The van der Waals surface area contributed by atoms with E-state index in [0.717, 1.165) is 0 Å². The molecule has 2 aromatic rings. The van der Waals surface area contributed by atoms with Crippen LogP contribution in [-0.2, 0) is 0 Å². The van der Waals surface area contributed by atoms with Gasteiger partial charge in [0.1, 0.15) is 17.9 Å². The van der Waals surface area contributed by atoms with Crippen LogP contribution >= 0.6 is 0 Å². The topological polar surface area (TPSA) is 38.2 Å². The largest absolute Gasteiger partial charge is 0.439 e. The van der Waals surface area contributed by atoms with Crippen molar-refractivity contribution in [3.63, 3.8) is 0 Å². The molecule has 1 saturated carbocycles. The van der Waals surface area contributed by atoms with Gasteiger partial charge in [-0.05, 0) is 25.0 Å². The maximum atomic E-state index is 14.0. The number of piperidine rings is 1. The van der Waals surface area contributed by atoms with Crippen LogP contribution in [0, 0.1) is 11.8 Å². The summed E-state index contributed by atoms with van der Waals surface area (Å²) in [6.45, 7) is 0.677. The van der Waals surface area contributed by atoms with Crippen LogP contribution in [0.5, 0.6) is 11.6 Å². The number of ether oxygens (including phenoxy) is 1. The van der Waals surface area contributed by atoms with Crippen molar-refractivity contribution < 1.29 is 13.5 Å². The first-order valence-electron chi connectivity index (χ1n) is 7.80. The SMILES string of the molecule is FC1(F)C2CCC1CN(c1cc(Oc3ccccc3)ncn1)C2. The van der Waals surface area contributed by atoms with Crippen molar-refractivity contribution in [3.05, 3.63) is 42.7 Å². The minimum Gasteiger partial charge on any atom is -0.439 e. The van der Waals surface area contributed by atoms with Crippen molar-refractivity contribution in [1.82, 2.24) is 9.97 Å². The third-order valence-electron chi connectivity index (χ3n) is 4.75. The van der Waals surface area contributed by atoms with E-state index in [2.05, 4.69) is 9.97 Å². The number of nitrogens with zero attached hydrogens (tertiary/aromatic N) is 3. The molecule has 6 heteroatoms. The summed E-state index contributed by atoms with van der Waals surface area (Å²) in [7, 11) is 0. The maximum absolute atomic E-state index is 14.0. The molecular weight excluding hydrogens is 300 g/mol. The average Bonchev–Trinajstić information content (AvgIpc) is 2.75. The van der Waals surface area contributed by atoms with Crippen LogP contribution in [0.3, 0.4) is 0 Å². The van der Waals surface area contributed by atoms with E-state index in [1.807, 2.05) is 35.2 Å². The molecule has 1 aliphatic carbocycles. The van der Waals surface area contributed by atoms with Crippen LogP contribution in [0.4, 0.5) is 14.6 Å². The molecule has 0 spiro atoms. The van der Waals surface area contributed by atoms with Gasteiger partial charge in [-0.25, -0.2) is 18.7 Å². The number of anilines is 1. The minimum atomic E-state index is -2.53. The van der Waals surface area contributed by atoms with Crippen LogP contribution in [0.25, 0.3) is 0 Å². The molecule has 2 heterocycles. The number of rotatable bonds is 3. The van der Waals surface area contributed by atoms with Gasteiger partial charge in [0.15, 0.2) is 0 Å². The summed E-state index contributed by atoms with van der Waals surface area (Å²) >= 11 is 0. The molecule has 2 fully saturated rings. The van der Waals surface area contributed by atoms with Crippen molar-refractivity contribution in [1.29, 1.82) is 0 Å². The zero-order valence-corrected chi connectivity index (χ0v) is 12.5. The van der Waals surface area contributed by atoms with E-state index in [1.165, 1.54) is 6.33 Å². The quantitative estimate of drug-likeness (QED) is 0.864. The Morgan fingerprint density at radius 3 is 2.43 bits per heavy atom. The second-order valence-electron chi connectivity index (χ2n) is 6.18. The predicted molar refractivity (Wildman–Crippen MR) is 81.9 cm³/mol. The Bertz CT molecular complexity index is 679. The number of hydrogen-bond donors (Lipinski definition) is 0. The first-order chi connectivity index (χ1) is 11.1. The summed E-state index contributed by atoms with van der Waals surface area (Å²) in [4.78, 5) is 10.3. The van der Waals surface area contributed by atoms with Crippen molar-refractivity contribution >= 4 is 5.82 Å². The lowest BCUT2D eigenvalue weighted by atomic mass is 9.94. The first-order valence-corrected chi connectivity index (χ1v) is 7.80. The van der Waals surface area contributed by atoms with Crippen molar-refractivity contribution in [2.75, 3.05) is 18.0 Å². The minimum absolute atomic E-state index is 0.339. The maximum Gasteiger partial charge on any atom is 0.257 e. The molecule has 1 aliphatic heterocycles. The van der Waals surface area contributed by atoms with E-state index in [1.54, 1.807) is 6.07 Å². The normalized spacial score (nSPS) is 25.4. The zero-order valence-electron chi connectivity index (χ0n) is 12.5. The molecule has 1 saturated heterocycles. The molecule has 0 radical (unpaired) electrons. The van der Waals surface area contributed by atoms with Gasteiger partial charge in [-0.15, -0.1) is 0 Å². The van der Waals surface area contributed by atoms with E-state index >= 15 is 0 Å². The monoisotopic (exact) mass is 317 g/mol. The summed E-state index contributed by atoms with van der Waals surface area (Å²) in [6, 6.07) is 11.1. The summed E-state index contributed by atoms with van der Waals surface area (Å²) in [5.41, 5.74) is 0. The molecule has 120 valence electrons. The smallest absolute Gasteiger partial charge is 0.257 e. The second kappa shape index (κ2) is 5.44. The van der Waals surface area contributed by atoms with Gasteiger partial charge in [-0.2, -0.15) is 0 Å². The Morgan fingerprint density at radius 1 is 1.04 bits per heavy atom. The predicted octanol–water partition coefficient (Wildman–Crippen LogP) is 3.75. The Morgan fingerprint density at radius 2 is 1.74 bits per heavy atom. The Balaban J connectivity index is 1.53. The highest BCUT2D eigenvalue weighted by Crippen LogP contribution is 2.49. The molecule has 2 atom stereocenters. The van der Waals surface area contributed by atoms with Gasteiger partial charge in [-0.3, -0.25) is 0 Å². The van der Waals surface area contributed by atoms with Gasteiger partial charge in [0.2, 0.25) is 5.88 Å². The molecule has 2 unspecified atom stereocenters. The van der Waals surface area contributed by atoms with E-state index in [-0.39, 0.29) is 0 Å². The van der Waals surface area contributed by atoms with E-state index in [0.29, 0.717) is 43.4 Å². The Hall–Kier alpha value is -2.24. The second-order valence-corrected chi connectivity index (χ2v) is 6.18. The van der Waals surface area contributed by atoms with Crippen LogP contribution in [-0.4, -0.2) is 29.0 Å². The molecule has 2 bridgehead atoms. The molecule has 0 N–H and O–H groups in total. The highest BCUT2D eigenvalue weighted by Gasteiger charge is 2.55. The van der Waals surface area contributed by atoms with E-state index in [4.69, 9.17) is 4.74 Å². The number of halogens is 2. The molecule has 1 aromatic heterocycles. The van der Waals surface area contributed by atoms with Gasteiger partial charge in [0, 0.05) is 31.0 Å². The van der Waals surface area contributed by atoms with Gasteiger partial charge in [0.25, 0.3) is 5.92 Å². The lowest BCUT2D eigenvalue weighted by Crippen LogP contribution is -2.49. The third kappa shape index (κ3) is 2.62. The van der Waals surface area contributed by atoms with Crippen LogP contribution in [0.1, 0.15) is 12.8 Å². The van der Waals surface area contributed by atoms with Crippen molar-refractivity contribution in [2.24, 2.45) is 11.8 Å². The number of hydrogen-bond acceptors (Lipinski definition) is 4. The Labute approximate surface area is 133 Å². The fraction of sp³-hybridized carbons (Fsp3) is 0.412.